The molecule has 0 N–H and O–H groups in total. The quantitative estimate of drug-likeness (QED) is 0.168. The molecule has 0 atom stereocenters. The van der Waals surface area contributed by atoms with E-state index in [1.54, 1.807) is 29.7 Å². The molecule has 43 heavy (non-hydrogen) atoms. The van der Waals surface area contributed by atoms with Gasteiger partial charge in [-0.25, -0.2) is 4.98 Å². The number of hydrogen-bond acceptors (Lipinski definition) is 5. The van der Waals surface area contributed by atoms with E-state index < -0.39 is 18.6 Å². The SMILES string of the molecule is Cc1ccc(-c2[c-]cccc2)nc1.[2H]C([2H])([2H])c1ccc2c(n1)oc1c(-c3cc4sc(C)c(C([2H])([2H])C(C)(C)C)c4cn3)[c-]ccc12.[Ir]. The van der Waals surface area contributed by atoms with Gasteiger partial charge in [0.1, 0.15) is 0 Å². The zero-order chi connectivity index (χ0) is 33.7. The number of fused-ring (bicyclic) bond motifs is 4. The summed E-state index contributed by atoms with van der Waals surface area (Å²) in [6.07, 6.45) is 2.08. The van der Waals surface area contributed by atoms with Crippen molar-refractivity contribution in [1.82, 2.24) is 15.0 Å². The van der Waals surface area contributed by atoms with Crippen molar-refractivity contribution in [3.8, 4) is 22.5 Å². The molecular formula is C37H33IrN3OS-2. The van der Waals surface area contributed by atoms with E-state index in [-0.39, 0.29) is 31.5 Å². The van der Waals surface area contributed by atoms with Crippen LogP contribution in [-0.4, -0.2) is 15.0 Å². The van der Waals surface area contributed by atoms with Gasteiger partial charge in [-0.2, -0.15) is 0 Å². The molecule has 6 heteroatoms. The zero-order valence-corrected chi connectivity index (χ0v) is 27.7. The van der Waals surface area contributed by atoms with Gasteiger partial charge < -0.3 is 14.4 Å². The summed E-state index contributed by atoms with van der Waals surface area (Å²) in [5, 5.41) is 2.35. The molecule has 0 spiro atoms. The van der Waals surface area contributed by atoms with E-state index in [1.807, 2.05) is 83.3 Å². The number of nitrogens with zero attached hydrogens (tertiary/aromatic N) is 3. The Morgan fingerprint density at radius 1 is 0.907 bits per heavy atom. The number of thiophene rings is 1. The fourth-order valence-electron chi connectivity index (χ4n) is 4.77. The van der Waals surface area contributed by atoms with Crippen molar-refractivity contribution in [2.75, 3.05) is 0 Å². The maximum absolute atomic E-state index is 8.78. The van der Waals surface area contributed by atoms with Gasteiger partial charge >= 0.3 is 0 Å². The number of rotatable bonds is 3. The van der Waals surface area contributed by atoms with Crippen LogP contribution in [-0.2, 0) is 26.5 Å². The predicted molar refractivity (Wildman–Crippen MR) is 175 cm³/mol. The van der Waals surface area contributed by atoms with Gasteiger partial charge in [0.15, 0.2) is 0 Å². The summed E-state index contributed by atoms with van der Waals surface area (Å²) >= 11 is 1.55. The molecule has 0 fully saturated rings. The van der Waals surface area contributed by atoms with Gasteiger partial charge in [-0.15, -0.1) is 65.4 Å². The van der Waals surface area contributed by atoms with E-state index in [4.69, 9.17) is 11.3 Å². The first-order valence-electron chi connectivity index (χ1n) is 16.2. The van der Waals surface area contributed by atoms with Crippen molar-refractivity contribution in [2.45, 2.75) is 47.8 Å². The van der Waals surface area contributed by atoms with Crippen LogP contribution in [0, 0.1) is 38.2 Å². The van der Waals surface area contributed by atoms with Crippen LogP contribution >= 0.6 is 11.3 Å². The predicted octanol–water partition coefficient (Wildman–Crippen LogP) is 10.1. The Labute approximate surface area is 277 Å². The van der Waals surface area contributed by atoms with E-state index in [2.05, 4.69) is 33.2 Å². The third kappa shape index (κ3) is 6.62. The summed E-state index contributed by atoms with van der Waals surface area (Å²) in [5.41, 5.74) is 5.41. The van der Waals surface area contributed by atoms with Gasteiger partial charge in [0.2, 0.25) is 5.71 Å². The smallest absolute Gasteiger partial charge is 0.216 e. The minimum absolute atomic E-state index is 0. The topological polar surface area (TPSA) is 51.8 Å². The van der Waals surface area contributed by atoms with E-state index in [9.17, 15) is 0 Å². The molecule has 0 aliphatic heterocycles. The van der Waals surface area contributed by atoms with Crippen molar-refractivity contribution in [1.29, 1.82) is 0 Å². The van der Waals surface area contributed by atoms with Crippen LogP contribution in [0.25, 0.3) is 54.7 Å². The monoisotopic (exact) mass is 765 g/mol. The molecule has 4 nitrogen and oxygen atoms in total. The number of furan rings is 1. The largest absolute Gasteiger partial charge is 0.486 e. The second-order valence-electron chi connectivity index (χ2n) is 11.2. The average Bonchev–Trinajstić information content (AvgIpc) is 3.57. The van der Waals surface area contributed by atoms with Crippen LogP contribution in [0.1, 0.15) is 49.3 Å². The van der Waals surface area contributed by atoms with E-state index in [0.717, 1.165) is 37.0 Å². The van der Waals surface area contributed by atoms with Gasteiger partial charge in [0, 0.05) is 65.4 Å². The van der Waals surface area contributed by atoms with Crippen molar-refractivity contribution in [3.63, 3.8) is 0 Å². The molecule has 5 aromatic heterocycles. The van der Waals surface area contributed by atoms with Crippen LogP contribution in [0.15, 0.2) is 83.5 Å². The van der Waals surface area contributed by atoms with E-state index >= 15 is 0 Å². The molecule has 0 saturated heterocycles. The third-order valence-electron chi connectivity index (χ3n) is 6.70. The Morgan fingerprint density at radius 2 is 1.74 bits per heavy atom. The van der Waals surface area contributed by atoms with Crippen LogP contribution in [0.2, 0.25) is 0 Å². The summed E-state index contributed by atoms with van der Waals surface area (Å²) in [7, 11) is 0. The summed E-state index contributed by atoms with van der Waals surface area (Å²) < 4.78 is 47.4. The van der Waals surface area contributed by atoms with Crippen LogP contribution in [0.3, 0.4) is 0 Å². The fourth-order valence-corrected chi connectivity index (χ4v) is 5.80. The van der Waals surface area contributed by atoms with Crippen molar-refractivity contribution in [3.05, 3.63) is 113 Å². The van der Waals surface area contributed by atoms with Gasteiger partial charge in [-0.3, -0.25) is 0 Å². The van der Waals surface area contributed by atoms with Crippen molar-refractivity contribution < 1.29 is 31.4 Å². The summed E-state index contributed by atoms with van der Waals surface area (Å²) in [6.45, 7) is 7.37. The standard InChI is InChI=1S/C25H23N2OS.C12H10N.Ir/c1-14-9-10-17-16-7-6-8-18(23(16)28-24(17)27-14)21-11-22-20(13-26-21)19(15(2)29-22)12-25(3,4)5;1-10-7-8-12(13-9-10)11-5-3-2-4-6-11;/h6-7,9-11,13H,12H2,1-5H3;2-5,7-9H,1H3;/q2*-1;/i1D3,12D2;;. The Morgan fingerprint density at radius 3 is 2.47 bits per heavy atom. The number of benzene rings is 2. The van der Waals surface area contributed by atoms with Gasteiger partial charge in [0.25, 0.3) is 0 Å². The van der Waals surface area contributed by atoms with Gasteiger partial charge in [-0.05, 0) is 67.1 Å². The molecule has 0 saturated carbocycles. The Kier molecular flexibility index (Phi) is 7.18. The molecule has 2 aromatic carbocycles. The fraction of sp³-hybridized carbons (Fsp3) is 0.216. The molecular weight excluding hydrogens is 727 g/mol. The number of aromatic nitrogens is 3. The van der Waals surface area contributed by atoms with Crippen molar-refractivity contribution in [2.24, 2.45) is 5.41 Å². The average molecular weight is 765 g/mol. The van der Waals surface area contributed by atoms with Gasteiger partial charge in [0.05, 0.1) is 5.58 Å². The van der Waals surface area contributed by atoms with E-state index in [1.165, 1.54) is 11.6 Å². The Balaban J connectivity index is 0.000000270. The molecule has 0 aliphatic rings. The molecule has 0 amide bonds. The molecule has 0 aliphatic carbocycles. The molecule has 1 radical (unpaired) electrons. The summed E-state index contributed by atoms with van der Waals surface area (Å²) in [4.78, 5) is 14.1. The van der Waals surface area contributed by atoms with Crippen LogP contribution in [0.5, 0.6) is 0 Å². The number of pyridine rings is 3. The normalized spacial score (nSPS) is 13.7. The summed E-state index contributed by atoms with van der Waals surface area (Å²) in [6, 6.07) is 27.1. The first kappa shape index (κ1) is 24.7. The third-order valence-corrected chi connectivity index (χ3v) is 7.77. The molecule has 0 unspecified atom stereocenters. The second kappa shape index (κ2) is 12.5. The maximum atomic E-state index is 8.78. The Bertz CT molecular complexity index is 2220. The molecule has 5 heterocycles. The molecule has 0 bridgehead atoms. The zero-order valence-electron chi connectivity index (χ0n) is 29.5. The van der Waals surface area contributed by atoms with E-state index in [0.29, 0.717) is 22.4 Å². The van der Waals surface area contributed by atoms with Crippen LogP contribution in [0.4, 0.5) is 0 Å². The Hall–Kier alpha value is -3.70. The minimum Gasteiger partial charge on any atom is -0.486 e. The first-order chi connectivity index (χ1) is 22.1. The number of aryl methyl sites for hydroxylation is 3. The molecule has 7 aromatic rings. The second-order valence-corrected chi connectivity index (χ2v) is 12.5. The maximum Gasteiger partial charge on any atom is 0.216 e. The number of hydrogen-bond donors (Lipinski definition) is 0. The molecule has 219 valence electrons. The van der Waals surface area contributed by atoms with Crippen molar-refractivity contribution >= 4 is 43.5 Å². The van der Waals surface area contributed by atoms with Crippen LogP contribution < -0.4 is 0 Å². The first-order valence-corrected chi connectivity index (χ1v) is 14.5. The minimum atomic E-state index is -2.32. The summed E-state index contributed by atoms with van der Waals surface area (Å²) in [5.74, 6) is 0. The molecule has 7 rings (SSSR count). The van der Waals surface area contributed by atoms with Gasteiger partial charge in [-0.1, -0.05) is 49.9 Å².